The first-order valence-electron chi connectivity index (χ1n) is 6.40. The molecule has 1 aliphatic carbocycles. The van der Waals surface area contributed by atoms with Crippen molar-refractivity contribution >= 4 is 21.6 Å². The first kappa shape index (κ1) is 15.0. The van der Waals surface area contributed by atoms with Crippen molar-refractivity contribution in [3.63, 3.8) is 0 Å². The van der Waals surface area contributed by atoms with Gasteiger partial charge in [0.15, 0.2) is 0 Å². The molecule has 4 nitrogen and oxygen atoms in total. The minimum atomic E-state index is -3.68. The molecular formula is C14H15ClN2O2S. The summed E-state index contributed by atoms with van der Waals surface area (Å²) in [6.07, 6.45) is 6.16. The van der Waals surface area contributed by atoms with Crippen molar-refractivity contribution in [3.8, 4) is 6.07 Å². The second-order valence-corrected chi connectivity index (χ2v) is 6.80. The molecule has 0 aromatic heterocycles. The van der Waals surface area contributed by atoms with Gasteiger partial charge in [-0.05, 0) is 43.9 Å². The summed E-state index contributed by atoms with van der Waals surface area (Å²) in [6.45, 7) is 0.348. The molecule has 0 heterocycles. The zero-order valence-corrected chi connectivity index (χ0v) is 12.5. The van der Waals surface area contributed by atoms with E-state index in [0.717, 1.165) is 25.7 Å². The average Bonchev–Trinajstić information content (AvgIpc) is 2.92. The monoisotopic (exact) mass is 310 g/mol. The molecule has 0 spiro atoms. The Morgan fingerprint density at radius 1 is 1.40 bits per heavy atom. The molecule has 20 heavy (non-hydrogen) atoms. The van der Waals surface area contributed by atoms with E-state index in [-0.39, 0.29) is 15.5 Å². The van der Waals surface area contributed by atoms with Crippen molar-refractivity contribution in [2.45, 2.75) is 30.6 Å². The van der Waals surface area contributed by atoms with Crippen LogP contribution in [-0.4, -0.2) is 15.0 Å². The van der Waals surface area contributed by atoms with Gasteiger partial charge in [0.2, 0.25) is 10.0 Å². The van der Waals surface area contributed by atoms with E-state index in [2.05, 4.69) is 10.8 Å². The predicted molar refractivity (Wildman–Crippen MR) is 77.9 cm³/mol. The Balaban J connectivity index is 2.08. The molecule has 0 amide bonds. The number of halogens is 1. The van der Waals surface area contributed by atoms with Crippen LogP contribution in [-0.2, 0) is 10.0 Å². The highest BCUT2D eigenvalue weighted by Crippen LogP contribution is 2.23. The lowest BCUT2D eigenvalue weighted by molar-refractivity contribution is 0.581. The van der Waals surface area contributed by atoms with Crippen LogP contribution in [0.1, 0.15) is 31.2 Å². The fourth-order valence-electron chi connectivity index (χ4n) is 2.17. The maximum atomic E-state index is 12.2. The second-order valence-electron chi connectivity index (χ2n) is 4.66. The molecule has 1 aliphatic rings. The number of nitrogens with one attached hydrogen (secondary N) is 1. The molecule has 106 valence electrons. The lowest BCUT2D eigenvalue weighted by Gasteiger charge is -2.09. The van der Waals surface area contributed by atoms with Crippen molar-refractivity contribution < 1.29 is 8.42 Å². The van der Waals surface area contributed by atoms with Gasteiger partial charge in [-0.25, -0.2) is 13.1 Å². The molecule has 0 aliphatic heterocycles. The number of hydrogen-bond acceptors (Lipinski definition) is 3. The van der Waals surface area contributed by atoms with Crippen LogP contribution in [0, 0.1) is 11.3 Å². The summed E-state index contributed by atoms with van der Waals surface area (Å²) in [4.78, 5) is -0.0429. The molecule has 2 rings (SSSR count). The molecule has 1 N–H and O–H groups in total. The normalized spacial score (nSPS) is 14.9. The third kappa shape index (κ3) is 3.60. The van der Waals surface area contributed by atoms with Crippen LogP contribution in [0.25, 0.3) is 0 Å². The summed E-state index contributed by atoms with van der Waals surface area (Å²) in [7, 11) is -3.68. The van der Waals surface area contributed by atoms with E-state index in [9.17, 15) is 8.42 Å². The molecule has 6 heteroatoms. The van der Waals surface area contributed by atoms with Crippen molar-refractivity contribution in [1.29, 1.82) is 5.26 Å². The molecule has 0 bridgehead atoms. The van der Waals surface area contributed by atoms with Crippen molar-refractivity contribution in [2.75, 3.05) is 6.54 Å². The van der Waals surface area contributed by atoms with Crippen LogP contribution in [0.3, 0.4) is 0 Å². The van der Waals surface area contributed by atoms with Gasteiger partial charge in [0.25, 0.3) is 0 Å². The number of hydrogen-bond donors (Lipinski definition) is 1. The minimum Gasteiger partial charge on any atom is -0.211 e. The van der Waals surface area contributed by atoms with E-state index < -0.39 is 10.0 Å². The summed E-state index contributed by atoms with van der Waals surface area (Å²) in [6, 6.07) is 6.11. The lowest BCUT2D eigenvalue weighted by atomic mass is 10.2. The fourth-order valence-corrected chi connectivity index (χ4v) is 3.72. The predicted octanol–water partition coefficient (Wildman–Crippen LogP) is 2.99. The van der Waals surface area contributed by atoms with Gasteiger partial charge in [0.1, 0.15) is 4.90 Å². The van der Waals surface area contributed by atoms with Crippen molar-refractivity contribution in [1.82, 2.24) is 4.72 Å². The Morgan fingerprint density at radius 2 is 2.20 bits per heavy atom. The van der Waals surface area contributed by atoms with Gasteiger partial charge in [-0.1, -0.05) is 23.3 Å². The molecule has 0 atom stereocenters. The van der Waals surface area contributed by atoms with Gasteiger partial charge < -0.3 is 0 Å². The van der Waals surface area contributed by atoms with Crippen LogP contribution in [0.4, 0.5) is 0 Å². The molecule has 0 radical (unpaired) electrons. The van der Waals surface area contributed by atoms with E-state index in [1.165, 1.54) is 23.8 Å². The number of nitrogens with zero attached hydrogens (tertiary/aromatic N) is 1. The van der Waals surface area contributed by atoms with Gasteiger partial charge in [0.05, 0.1) is 16.7 Å². The van der Waals surface area contributed by atoms with E-state index in [1.54, 1.807) is 0 Å². The summed E-state index contributed by atoms with van der Waals surface area (Å²) in [5.74, 6) is 0. The number of benzene rings is 1. The number of allylic oxidation sites excluding steroid dienone is 1. The van der Waals surface area contributed by atoms with Crippen LogP contribution < -0.4 is 4.72 Å². The third-order valence-electron chi connectivity index (χ3n) is 3.22. The highest BCUT2D eigenvalue weighted by Gasteiger charge is 2.18. The molecule has 1 aromatic rings. The lowest BCUT2D eigenvalue weighted by Crippen LogP contribution is -2.25. The summed E-state index contributed by atoms with van der Waals surface area (Å²) >= 11 is 5.90. The Labute approximate surface area is 124 Å². The molecule has 0 fully saturated rings. The second kappa shape index (κ2) is 6.40. The standard InChI is InChI=1S/C14H15ClN2O2S/c15-13-6-5-12(10-16)9-14(13)20(18,19)17-8-7-11-3-1-2-4-11/h3,5-6,9,17H,1-2,4,7-8H2. The molecule has 1 aromatic carbocycles. The Kier molecular flexibility index (Phi) is 4.81. The van der Waals surface area contributed by atoms with Gasteiger partial charge in [-0.15, -0.1) is 0 Å². The van der Waals surface area contributed by atoms with Gasteiger partial charge in [-0.2, -0.15) is 5.26 Å². The van der Waals surface area contributed by atoms with Gasteiger partial charge >= 0.3 is 0 Å². The van der Waals surface area contributed by atoms with Crippen LogP contribution in [0.15, 0.2) is 34.7 Å². The summed E-state index contributed by atoms with van der Waals surface area (Å²) in [5, 5.41) is 8.94. The number of rotatable bonds is 5. The zero-order chi connectivity index (χ0) is 14.6. The zero-order valence-electron chi connectivity index (χ0n) is 10.9. The quantitative estimate of drug-likeness (QED) is 0.850. The molecule has 0 saturated carbocycles. The molecule has 0 saturated heterocycles. The molecular weight excluding hydrogens is 296 g/mol. The highest BCUT2D eigenvalue weighted by atomic mass is 35.5. The van der Waals surface area contributed by atoms with E-state index in [4.69, 9.17) is 16.9 Å². The van der Waals surface area contributed by atoms with Crippen LogP contribution in [0.5, 0.6) is 0 Å². The van der Waals surface area contributed by atoms with E-state index >= 15 is 0 Å². The summed E-state index contributed by atoms with van der Waals surface area (Å²) in [5.41, 5.74) is 1.57. The third-order valence-corrected chi connectivity index (χ3v) is 5.17. The van der Waals surface area contributed by atoms with E-state index in [1.807, 2.05) is 6.07 Å². The van der Waals surface area contributed by atoms with Crippen molar-refractivity contribution in [2.24, 2.45) is 0 Å². The largest absolute Gasteiger partial charge is 0.242 e. The van der Waals surface area contributed by atoms with E-state index in [0.29, 0.717) is 6.54 Å². The number of sulfonamides is 1. The Hall–Kier alpha value is -1.35. The topological polar surface area (TPSA) is 70.0 Å². The van der Waals surface area contributed by atoms with Crippen LogP contribution >= 0.6 is 11.6 Å². The highest BCUT2D eigenvalue weighted by molar-refractivity contribution is 7.89. The Bertz CT molecular complexity index is 675. The van der Waals surface area contributed by atoms with Gasteiger partial charge in [-0.3, -0.25) is 0 Å². The maximum Gasteiger partial charge on any atom is 0.242 e. The first-order chi connectivity index (χ1) is 9.53. The van der Waals surface area contributed by atoms with Crippen molar-refractivity contribution in [3.05, 3.63) is 40.4 Å². The minimum absolute atomic E-state index is 0.0429. The average molecular weight is 311 g/mol. The van der Waals surface area contributed by atoms with Crippen LogP contribution in [0.2, 0.25) is 5.02 Å². The SMILES string of the molecule is N#Cc1ccc(Cl)c(S(=O)(=O)NCCC2=CCCC2)c1. The fraction of sp³-hybridized carbons (Fsp3) is 0.357. The first-order valence-corrected chi connectivity index (χ1v) is 8.26. The smallest absolute Gasteiger partial charge is 0.211 e. The van der Waals surface area contributed by atoms with Gasteiger partial charge in [0, 0.05) is 6.54 Å². The Morgan fingerprint density at radius 3 is 2.85 bits per heavy atom. The summed E-state index contributed by atoms with van der Waals surface area (Å²) < 4.78 is 26.9. The maximum absolute atomic E-state index is 12.2. The molecule has 0 unspecified atom stereocenters. The number of nitriles is 1.